The Labute approximate surface area is 133 Å². The number of hydrogen-bond donors (Lipinski definition) is 3. The molecule has 1 rings (SSSR count). The zero-order valence-electron chi connectivity index (χ0n) is 12.0. The van der Waals surface area contributed by atoms with Gasteiger partial charge in [0.25, 0.3) is 0 Å². The average molecular weight is 333 g/mol. The summed E-state index contributed by atoms with van der Waals surface area (Å²) in [5, 5.41) is 10.7. The molecule has 0 radical (unpaired) electrons. The molecule has 3 N–H and O–H groups in total. The van der Waals surface area contributed by atoms with Gasteiger partial charge in [0.05, 0.1) is 12.5 Å². The van der Waals surface area contributed by atoms with Crippen LogP contribution in [0.3, 0.4) is 0 Å². The Kier molecular flexibility index (Phi) is 6.01. The predicted octanol–water partition coefficient (Wildman–Crippen LogP) is 2.61. The number of hydrazine groups is 1. The van der Waals surface area contributed by atoms with Gasteiger partial charge in [-0.05, 0) is 23.8 Å². The molecule has 0 aromatic heterocycles. The summed E-state index contributed by atoms with van der Waals surface area (Å²) in [7, 11) is 0. The zero-order chi connectivity index (χ0) is 16.2. The van der Waals surface area contributed by atoms with Crippen LogP contribution in [0, 0.1) is 5.41 Å². The highest BCUT2D eigenvalue weighted by Crippen LogP contribution is 2.25. The minimum atomic E-state index is -1.06. The Morgan fingerprint density at radius 3 is 2.14 bits per heavy atom. The minimum absolute atomic E-state index is 0.221. The molecule has 2 amide bonds. The summed E-state index contributed by atoms with van der Waals surface area (Å²) in [6.45, 7) is 5.16. The van der Waals surface area contributed by atoms with Crippen molar-refractivity contribution >= 4 is 35.0 Å². The van der Waals surface area contributed by atoms with Crippen molar-refractivity contribution in [2.75, 3.05) is 0 Å². The molecule has 0 heterocycles. The first kappa shape index (κ1) is 17.8. The maximum Gasteiger partial charge on any atom is 0.243 e. The van der Waals surface area contributed by atoms with Gasteiger partial charge in [-0.25, -0.2) is 0 Å². The molecular formula is C14H18Cl2N2O3. The second-order valence-electron chi connectivity index (χ2n) is 5.68. The largest absolute Gasteiger partial charge is 0.388 e. The van der Waals surface area contributed by atoms with Gasteiger partial charge in [-0.2, -0.15) is 0 Å². The number of carbonyl (C=O) groups excluding carboxylic acids is 2. The van der Waals surface area contributed by atoms with E-state index in [0.717, 1.165) is 0 Å². The van der Waals surface area contributed by atoms with Crippen molar-refractivity contribution in [1.82, 2.24) is 10.9 Å². The van der Waals surface area contributed by atoms with E-state index in [4.69, 9.17) is 23.2 Å². The van der Waals surface area contributed by atoms with Gasteiger partial charge in [-0.1, -0.05) is 44.0 Å². The molecule has 0 fully saturated rings. The van der Waals surface area contributed by atoms with Crippen LogP contribution in [-0.4, -0.2) is 16.9 Å². The highest BCUT2D eigenvalue weighted by atomic mass is 35.5. The third kappa shape index (κ3) is 5.91. The van der Waals surface area contributed by atoms with Gasteiger partial charge in [-0.15, -0.1) is 0 Å². The van der Waals surface area contributed by atoms with Crippen LogP contribution in [0.2, 0.25) is 10.0 Å². The van der Waals surface area contributed by atoms with Crippen LogP contribution < -0.4 is 10.9 Å². The van der Waals surface area contributed by atoms with Crippen molar-refractivity contribution in [2.24, 2.45) is 5.41 Å². The number of aliphatic hydroxyl groups is 1. The molecule has 116 valence electrons. The topological polar surface area (TPSA) is 78.4 Å². The number of benzene rings is 1. The fourth-order valence-electron chi connectivity index (χ4n) is 1.43. The molecule has 21 heavy (non-hydrogen) atoms. The lowest BCUT2D eigenvalue weighted by Crippen LogP contribution is -2.46. The number of rotatable bonds is 3. The summed E-state index contributed by atoms with van der Waals surface area (Å²) in [6, 6.07) is 4.58. The van der Waals surface area contributed by atoms with Crippen molar-refractivity contribution in [1.29, 1.82) is 0 Å². The van der Waals surface area contributed by atoms with E-state index >= 15 is 0 Å². The SMILES string of the molecule is CC(C)(C)C(=O)NNC(=O)CC(O)c1cc(Cl)cc(Cl)c1. The van der Waals surface area contributed by atoms with Crippen molar-refractivity contribution in [3.63, 3.8) is 0 Å². The summed E-state index contributed by atoms with van der Waals surface area (Å²) in [6.07, 6.45) is -1.28. The van der Waals surface area contributed by atoms with E-state index in [1.54, 1.807) is 20.8 Å². The van der Waals surface area contributed by atoms with Gasteiger partial charge in [0.15, 0.2) is 0 Å². The Hall–Kier alpha value is -1.30. The van der Waals surface area contributed by atoms with Crippen LogP contribution in [0.15, 0.2) is 18.2 Å². The molecule has 0 aliphatic rings. The van der Waals surface area contributed by atoms with Crippen LogP contribution >= 0.6 is 23.2 Å². The molecule has 1 aromatic rings. The lowest BCUT2D eigenvalue weighted by Gasteiger charge is -2.18. The van der Waals surface area contributed by atoms with Gasteiger partial charge in [0.1, 0.15) is 0 Å². The standard InChI is InChI=1S/C14H18Cl2N2O3/c1-14(2,3)13(21)18-17-12(20)7-11(19)8-4-9(15)6-10(16)5-8/h4-6,11,19H,7H2,1-3H3,(H,17,20)(H,18,21). The van der Waals surface area contributed by atoms with Crippen LogP contribution in [0.4, 0.5) is 0 Å². The maximum absolute atomic E-state index is 11.7. The lowest BCUT2D eigenvalue weighted by atomic mass is 9.96. The molecule has 1 atom stereocenters. The number of aliphatic hydroxyl groups excluding tert-OH is 1. The summed E-state index contributed by atoms with van der Waals surface area (Å²) in [5.41, 5.74) is 4.37. The molecule has 0 saturated heterocycles. The Bertz CT molecular complexity index is 521. The molecule has 1 unspecified atom stereocenters. The van der Waals surface area contributed by atoms with Crippen molar-refractivity contribution in [2.45, 2.75) is 33.3 Å². The lowest BCUT2D eigenvalue weighted by molar-refractivity contribution is -0.134. The third-order valence-corrected chi connectivity index (χ3v) is 3.08. The Morgan fingerprint density at radius 1 is 1.14 bits per heavy atom. The molecule has 1 aromatic carbocycles. The van der Waals surface area contributed by atoms with E-state index < -0.39 is 17.4 Å². The van der Waals surface area contributed by atoms with E-state index in [9.17, 15) is 14.7 Å². The van der Waals surface area contributed by atoms with Crippen LogP contribution in [0.1, 0.15) is 38.9 Å². The molecule has 7 heteroatoms. The molecule has 0 saturated carbocycles. The second kappa shape index (κ2) is 7.11. The van der Waals surface area contributed by atoms with Crippen molar-refractivity contribution in [3.05, 3.63) is 33.8 Å². The van der Waals surface area contributed by atoms with Gasteiger partial charge in [0, 0.05) is 15.5 Å². The molecule has 0 spiro atoms. The monoisotopic (exact) mass is 332 g/mol. The second-order valence-corrected chi connectivity index (χ2v) is 6.55. The number of hydrogen-bond acceptors (Lipinski definition) is 3. The first-order valence-electron chi connectivity index (χ1n) is 6.33. The molecule has 5 nitrogen and oxygen atoms in total. The van der Waals surface area contributed by atoms with Crippen LogP contribution in [0.5, 0.6) is 0 Å². The molecule has 0 aliphatic heterocycles. The van der Waals surface area contributed by atoms with Gasteiger partial charge in [-0.3, -0.25) is 20.4 Å². The third-order valence-electron chi connectivity index (χ3n) is 2.65. The van der Waals surface area contributed by atoms with E-state index in [0.29, 0.717) is 15.6 Å². The summed E-state index contributed by atoms with van der Waals surface area (Å²) < 4.78 is 0. The summed E-state index contributed by atoms with van der Waals surface area (Å²) >= 11 is 11.7. The quantitative estimate of drug-likeness (QED) is 0.744. The zero-order valence-corrected chi connectivity index (χ0v) is 13.5. The smallest absolute Gasteiger partial charge is 0.243 e. The molecule has 0 bridgehead atoms. The number of amides is 2. The Balaban J connectivity index is 2.56. The van der Waals surface area contributed by atoms with Gasteiger partial charge < -0.3 is 5.11 Å². The van der Waals surface area contributed by atoms with E-state index in [-0.39, 0.29) is 12.3 Å². The fourth-order valence-corrected chi connectivity index (χ4v) is 1.97. The number of carbonyl (C=O) groups is 2. The number of halogens is 2. The Morgan fingerprint density at radius 2 is 1.67 bits per heavy atom. The van der Waals surface area contributed by atoms with Crippen LogP contribution in [0.25, 0.3) is 0 Å². The first-order valence-corrected chi connectivity index (χ1v) is 7.08. The predicted molar refractivity (Wildman–Crippen MR) is 81.8 cm³/mol. The summed E-state index contributed by atoms with van der Waals surface area (Å²) in [5.74, 6) is -0.840. The van der Waals surface area contributed by atoms with Crippen molar-refractivity contribution < 1.29 is 14.7 Å². The normalized spacial score (nSPS) is 12.7. The van der Waals surface area contributed by atoms with E-state index in [1.165, 1.54) is 18.2 Å². The number of nitrogens with one attached hydrogen (secondary N) is 2. The van der Waals surface area contributed by atoms with Crippen molar-refractivity contribution in [3.8, 4) is 0 Å². The van der Waals surface area contributed by atoms with E-state index in [1.807, 2.05) is 0 Å². The minimum Gasteiger partial charge on any atom is -0.388 e. The van der Waals surface area contributed by atoms with E-state index in [2.05, 4.69) is 10.9 Å². The fraction of sp³-hybridized carbons (Fsp3) is 0.429. The van der Waals surface area contributed by atoms with Gasteiger partial charge in [0.2, 0.25) is 11.8 Å². The highest BCUT2D eigenvalue weighted by Gasteiger charge is 2.22. The maximum atomic E-state index is 11.7. The first-order chi connectivity index (χ1) is 9.59. The highest BCUT2D eigenvalue weighted by molar-refractivity contribution is 6.34. The molecule has 0 aliphatic carbocycles. The summed E-state index contributed by atoms with van der Waals surface area (Å²) in [4.78, 5) is 23.3. The molecular weight excluding hydrogens is 315 g/mol. The average Bonchev–Trinajstić information content (AvgIpc) is 2.33. The van der Waals surface area contributed by atoms with Gasteiger partial charge >= 0.3 is 0 Å². The van der Waals surface area contributed by atoms with Crippen LogP contribution in [-0.2, 0) is 9.59 Å².